The van der Waals surface area contributed by atoms with E-state index in [1.807, 2.05) is 0 Å². The number of rotatable bonds is 3. The summed E-state index contributed by atoms with van der Waals surface area (Å²) in [5.41, 5.74) is 5.63. The molecule has 90 valence electrons. The molecule has 0 aliphatic carbocycles. The van der Waals surface area contributed by atoms with Crippen molar-refractivity contribution in [2.45, 2.75) is 38.8 Å². The van der Waals surface area contributed by atoms with Crippen molar-refractivity contribution in [3.8, 4) is 0 Å². The molecule has 1 saturated heterocycles. The van der Waals surface area contributed by atoms with Gasteiger partial charge in [0.05, 0.1) is 6.04 Å². The number of carbonyl (C=O) groups is 3. The number of hydrogen-bond donors (Lipinski definition) is 2. The fraction of sp³-hybridized carbons (Fsp3) is 0.700. The summed E-state index contributed by atoms with van der Waals surface area (Å²) in [7, 11) is 0. The molecule has 0 unspecified atom stereocenters. The number of aliphatic carboxylic acids is 1. The molecule has 2 atom stereocenters. The molecule has 1 aliphatic rings. The summed E-state index contributed by atoms with van der Waals surface area (Å²) < 4.78 is 0. The Kier molecular flexibility index (Phi) is 3.64. The molecule has 0 bridgehead atoms. The lowest BCUT2D eigenvalue weighted by Gasteiger charge is -2.24. The van der Waals surface area contributed by atoms with Crippen LogP contribution in [0.2, 0.25) is 0 Å². The highest BCUT2D eigenvalue weighted by atomic mass is 16.4. The molecule has 3 N–H and O–H groups in total. The normalized spacial score (nSPS) is 22.6. The predicted octanol–water partition coefficient (Wildman–Crippen LogP) is -0.428. The number of likely N-dealkylation sites (tertiary alicyclic amines) is 1. The highest BCUT2D eigenvalue weighted by Gasteiger charge is 2.42. The van der Waals surface area contributed by atoms with E-state index in [4.69, 9.17) is 10.8 Å². The van der Waals surface area contributed by atoms with Crippen LogP contribution in [-0.2, 0) is 14.4 Å². The Bertz CT molecular complexity index is 327. The second-order valence-electron chi connectivity index (χ2n) is 4.26. The molecule has 0 saturated carbocycles. The average Bonchev–Trinajstić information content (AvgIpc) is 2.57. The molecule has 0 aromatic rings. The molecule has 0 aromatic heterocycles. The van der Waals surface area contributed by atoms with Crippen LogP contribution in [0.4, 0.5) is 0 Å². The summed E-state index contributed by atoms with van der Waals surface area (Å²) in [5.74, 6) is -2.33. The van der Waals surface area contributed by atoms with Crippen LogP contribution in [0.5, 0.6) is 0 Å². The number of hydrogen-bond acceptors (Lipinski definition) is 4. The van der Waals surface area contributed by atoms with Crippen LogP contribution in [0.15, 0.2) is 0 Å². The van der Waals surface area contributed by atoms with Gasteiger partial charge in [0.1, 0.15) is 6.04 Å². The van der Waals surface area contributed by atoms with Gasteiger partial charge in [-0.25, -0.2) is 4.79 Å². The van der Waals surface area contributed by atoms with Crippen molar-refractivity contribution in [2.75, 3.05) is 0 Å². The molecule has 0 spiro atoms. The van der Waals surface area contributed by atoms with Gasteiger partial charge in [-0.05, 0) is 12.3 Å². The maximum Gasteiger partial charge on any atom is 0.326 e. The zero-order valence-corrected chi connectivity index (χ0v) is 9.34. The molecule has 1 fully saturated rings. The molecular weight excluding hydrogens is 212 g/mol. The number of nitrogens with zero attached hydrogens (tertiary/aromatic N) is 1. The van der Waals surface area contributed by atoms with Crippen molar-refractivity contribution >= 4 is 17.8 Å². The lowest BCUT2D eigenvalue weighted by atomic mass is 10.0. The Labute approximate surface area is 93.4 Å². The van der Waals surface area contributed by atoms with Crippen molar-refractivity contribution in [3.63, 3.8) is 0 Å². The molecule has 6 heteroatoms. The number of carboxylic acids is 1. The highest BCUT2D eigenvalue weighted by Crippen LogP contribution is 2.20. The fourth-order valence-corrected chi connectivity index (χ4v) is 1.64. The van der Waals surface area contributed by atoms with Gasteiger partial charge >= 0.3 is 5.97 Å². The van der Waals surface area contributed by atoms with Crippen LogP contribution in [0, 0.1) is 5.92 Å². The minimum Gasteiger partial charge on any atom is -0.480 e. The first-order valence-corrected chi connectivity index (χ1v) is 5.20. The molecular formula is C10H16N2O4. The average molecular weight is 228 g/mol. The van der Waals surface area contributed by atoms with Crippen LogP contribution < -0.4 is 5.73 Å². The first kappa shape index (κ1) is 12.6. The monoisotopic (exact) mass is 228 g/mol. The second kappa shape index (κ2) is 4.61. The maximum absolute atomic E-state index is 11.8. The van der Waals surface area contributed by atoms with E-state index in [2.05, 4.69) is 0 Å². The smallest absolute Gasteiger partial charge is 0.326 e. The zero-order chi connectivity index (χ0) is 12.5. The van der Waals surface area contributed by atoms with Gasteiger partial charge in [0.2, 0.25) is 11.8 Å². The third kappa shape index (κ3) is 2.21. The summed E-state index contributed by atoms with van der Waals surface area (Å²) in [6.07, 6.45) is 0.262. The fourth-order valence-electron chi connectivity index (χ4n) is 1.64. The Morgan fingerprint density at radius 1 is 1.50 bits per heavy atom. The SMILES string of the molecule is CC(C)[C@H](N)C(=O)N1C(=O)CC[C@H]1C(=O)O. The van der Waals surface area contributed by atoms with Gasteiger partial charge in [-0.2, -0.15) is 0 Å². The van der Waals surface area contributed by atoms with E-state index in [1.54, 1.807) is 13.8 Å². The van der Waals surface area contributed by atoms with Gasteiger partial charge in [0, 0.05) is 6.42 Å². The van der Waals surface area contributed by atoms with Gasteiger partial charge in [-0.1, -0.05) is 13.8 Å². The van der Waals surface area contributed by atoms with Crippen molar-refractivity contribution in [1.29, 1.82) is 0 Å². The van der Waals surface area contributed by atoms with E-state index in [-0.39, 0.29) is 18.8 Å². The quantitative estimate of drug-likeness (QED) is 0.682. The highest BCUT2D eigenvalue weighted by molar-refractivity contribution is 6.03. The van der Waals surface area contributed by atoms with Gasteiger partial charge in [-0.3, -0.25) is 14.5 Å². The molecule has 1 rings (SSSR count). The summed E-state index contributed by atoms with van der Waals surface area (Å²) >= 11 is 0. The number of carbonyl (C=O) groups excluding carboxylic acids is 2. The molecule has 1 heterocycles. The lowest BCUT2D eigenvalue weighted by Crippen LogP contribution is -2.52. The van der Waals surface area contributed by atoms with Crippen molar-refractivity contribution in [3.05, 3.63) is 0 Å². The first-order chi connectivity index (χ1) is 7.36. The Hall–Kier alpha value is -1.43. The predicted molar refractivity (Wildman–Crippen MR) is 55.3 cm³/mol. The summed E-state index contributed by atoms with van der Waals surface area (Å²) in [6.45, 7) is 3.50. The van der Waals surface area contributed by atoms with E-state index in [0.717, 1.165) is 4.90 Å². The number of carboxylic acid groups (broad SMARTS) is 1. The zero-order valence-electron chi connectivity index (χ0n) is 9.34. The van der Waals surface area contributed by atoms with Crippen molar-refractivity contribution < 1.29 is 19.5 Å². The topological polar surface area (TPSA) is 101 Å². The van der Waals surface area contributed by atoms with Crippen molar-refractivity contribution in [1.82, 2.24) is 4.90 Å². The van der Waals surface area contributed by atoms with Crippen LogP contribution in [-0.4, -0.2) is 39.9 Å². The van der Waals surface area contributed by atoms with Crippen LogP contribution in [0.1, 0.15) is 26.7 Å². The van der Waals surface area contributed by atoms with Gasteiger partial charge in [-0.15, -0.1) is 0 Å². The Morgan fingerprint density at radius 2 is 2.06 bits per heavy atom. The van der Waals surface area contributed by atoms with E-state index in [0.29, 0.717) is 0 Å². The largest absolute Gasteiger partial charge is 0.480 e. The first-order valence-electron chi connectivity index (χ1n) is 5.20. The van der Waals surface area contributed by atoms with E-state index < -0.39 is 29.9 Å². The van der Waals surface area contributed by atoms with E-state index in [9.17, 15) is 14.4 Å². The van der Waals surface area contributed by atoms with Gasteiger partial charge in [0.15, 0.2) is 0 Å². The van der Waals surface area contributed by atoms with Crippen LogP contribution in [0.3, 0.4) is 0 Å². The number of imide groups is 1. The molecule has 0 aromatic carbocycles. The van der Waals surface area contributed by atoms with Crippen LogP contribution >= 0.6 is 0 Å². The van der Waals surface area contributed by atoms with E-state index >= 15 is 0 Å². The molecule has 1 aliphatic heterocycles. The molecule has 6 nitrogen and oxygen atoms in total. The third-order valence-corrected chi connectivity index (χ3v) is 2.74. The minimum absolute atomic E-state index is 0.0908. The third-order valence-electron chi connectivity index (χ3n) is 2.74. The Morgan fingerprint density at radius 3 is 2.50 bits per heavy atom. The Balaban J connectivity index is 2.87. The lowest BCUT2D eigenvalue weighted by molar-refractivity contribution is -0.154. The standard InChI is InChI=1S/C10H16N2O4/c1-5(2)8(11)9(14)12-6(10(15)16)3-4-7(12)13/h5-6,8H,3-4,11H2,1-2H3,(H,15,16)/t6-,8-/m0/s1. The summed E-state index contributed by atoms with van der Waals surface area (Å²) in [5, 5.41) is 8.88. The van der Waals surface area contributed by atoms with E-state index in [1.165, 1.54) is 0 Å². The second-order valence-corrected chi connectivity index (χ2v) is 4.26. The van der Waals surface area contributed by atoms with Crippen molar-refractivity contribution in [2.24, 2.45) is 11.7 Å². The molecule has 2 amide bonds. The summed E-state index contributed by atoms with van der Waals surface area (Å²) in [6, 6.07) is -1.88. The number of amides is 2. The number of nitrogens with two attached hydrogens (primary N) is 1. The maximum atomic E-state index is 11.8. The summed E-state index contributed by atoms with van der Waals surface area (Å²) in [4.78, 5) is 34.9. The molecule has 0 radical (unpaired) electrons. The molecule has 16 heavy (non-hydrogen) atoms. The van der Waals surface area contributed by atoms with Crippen LogP contribution in [0.25, 0.3) is 0 Å². The van der Waals surface area contributed by atoms with Gasteiger partial charge < -0.3 is 10.8 Å². The van der Waals surface area contributed by atoms with Gasteiger partial charge in [0.25, 0.3) is 0 Å². The minimum atomic E-state index is -1.16.